The van der Waals surface area contributed by atoms with Gasteiger partial charge in [0, 0.05) is 5.69 Å². The molecule has 0 aliphatic carbocycles. The molecule has 90 valence electrons. The van der Waals surface area contributed by atoms with Crippen molar-refractivity contribution in [3.05, 3.63) is 65.7 Å². The van der Waals surface area contributed by atoms with Crippen LogP contribution in [0.4, 0.5) is 5.69 Å². The molecule has 0 radical (unpaired) electrons. The fourth-order valence-corrected chi connectivity index (χ4v) is 1.68. The molecule has 0 aliphatic heterocycles. The maximum atomic E-state index is 11.3. The van der Waals surface area contributed by atoms with Crippen LogP contribution in [0.25, 0.3) is 11.6 Å². The van der Waals surface area contributed by atoms with E-state index in [1.165, 1.54) is 0 Å². The van der Waals surface area contributed by atoms with Gasteiger partial charge >= 0.3 is 5.97 Å². The quantitative estimate of drug-likeness (QED) is 0.491. The van der Waals surface area contributed by atoms with Crippen molar-refractivity contribution in [2.45, 2.75) is 0 Å². The van der Waals surface area contributed by atoms with Crippen LogP contribution in [0.2, 0.25) is 0 Å². The lowest BCUT2D eigenvalue weighted by Crippen LogP contribution is -2.00. The molecule has 3 nitrogen and oxygen atoms in total. The summed E-state index contributed by atoms with van der Waals surface area (Å²) in [5.74, 6) is -0.968. The second kappa shape index (κ2) is 5.19. The van der Waals surface area contributed by atoms with E-state index in [9.17, 15) is 9.90 Å². The Hall–Kier alpha value is -2.55. The van der Waals surface area contributed by atoms with E-state index in [0.717, 1.165) is 0 Å². The first kappa shape index (κ1) is 11.9. The van der Waals surface area contributed by atoms with Gasteiger partial charge in [0.2, 0.25) is 0 Å². The number of carboxylic acid groups (broad SMARTS) is 1. The molecule has 18 heavy (non-hydrogen) atoms. The van der Waals surface area contributed by atoms with Crippen molar-refractivity contribution in [1.29, 1.82) is 0 Å². The first-order chi connectivity index (χ1) is 8.68. The highest BCUT2D eigenvalue weighted by atomic mass is 16.4. The standard InChI is InChI=1S/C15H13NO2/c16-14-9-5-4-8-12(14)10-13(15(17)18)11-6-2-1-3-7-11/h1-10H,16H2,(H,17,18)/b13-10+. The van der Waals surface area contributed by atoms with Crippen molar-refractivity contribution in [2.75, 3.05) is 5.73 Å². The van der Waals surface area contributed by atoms with Gasteiger partial charge in [0.15, 0.2) is 0 Å². The number of benzene rings is 2. The lowest BCUT2D eigenvalue weighted by molar-refractivity contribution is -0.130. The number of hydrogen-bond donors (Lipinski definition) is 2. The molecule has 0 atom stereocenters. The van der Waals surface area contributed by atoms with Crippen LogP contribution in [0.3, 0.4) is 0 Å². The average Bonchev–Trinajstić information content (AvgIpc) is 2.38. The van der Waals surface area contributed by atoms with Crippen LogP contribution in [0, 0.1) is 0 Å². The third-order valence-corrected chi connectivity index (χ3v) is 2.61. The Morgan fingerprint density at radius 3 is 2.22 bits per heavy atom. The van der Waals surface area contributed by atoms with E-state index in [2.05, 4.69) is 0 Å². The summed E-state index contributed by atoms with van der Waals surface area (Å²) in [6, 6.07) is 16.2. The minimum atomic E-state index is -0.968. The first-order valence-corrected chi connectivity index (χ1v) is 5.53. The largest absolute Gasteiger partial charge is 0.478 e. The van der Waals surface area contributed by atoms with Crippen molar-refractivity contribution >= 4 is 23.3 Å². The maximum Gasteiger partial charge on any atom is 0.336 e. The predicted molar refractivity (Wildman–Crippen MR) is 72.8 cm³/mol. The molecule has 0 heterocycles. The number of hydrogen-bond acceptors (Lipinski definition) is 2. The SMILES string of the molecule is Nc1ccccc1/C=C(/C(=O)O)c1ccccc1. The fourth-order valence-electron chi connectivity index (χ4n) is 1.68. The molecular weight excluding hydrogens is 226 g/mol. The summed E-state index contributed by atoms with van der Waals surface area (Å²) in [5, 5.41) is 9.27. The van der Waals surface area contributed by atoms with Crippen LogP contribution < -0.4 is 5.73 Å². The molecule has 0 bridgehead atoms. The fraction of sp³-hybridized carbons (Fsp3) is 0. The Morgan fingerprint density at radius 1 is 1.00 bits per heavy atom. The minimum absolute atomic E-state index is 0.230. The number of carboxylic acids is 1. The maximum absolute atomic E-state index is 11.3. The van der Waals surface area contributed by atoms with E-state index in [1.54, 1.807) is 42.5 Å². The number of nitrogen functional groups attached to an aromatic ring is 1. The topological polar surface area (TPSA) is 63.3 Å². The van der Waals surface area contributed by atoms with Gasteiger partial charge in [-0.1, -0.05) is 48.5 Å². The molecule has 0 saturated carbocycles. The highest BCUT2D eigenvalue weighted by Crippen LogP contribution is 2.21. The van der Waals surface area contributed by atoms with Crippen molar-refractivity contribution in [3.8, 4) is 0 Å². The van der Waals surface area contributed by atoms with Crippen LogP contribution in [0.5, 0.6) is 0 Å². The number of anilines is 1. The highest BCUT2D eigenvalue weighted by molar-refractivity contribution is 6.20. The monoisotopic (exact) mass is 239 g/mol. The van der Waals surface area contributed by atoms with Gasteiger partial charge in [0.1, 0.15) is 0 Å². The summed E-state index contributed by atoms with van der Waals surface area (Å²) >= 11 is 0. The molecule has 0 unspecified atom stereocenters. The van der Waals surface area contributed by atoms with Gasteiger partial charge in [-0.3, -0.25) is 0 Å². The van der Waals surface area contributed by atoms with Crippen LogP contribution in [-0.4, -0.2) is 11.1 Å². The Morgan fingerprint density at radius 2 is 1.61 bits per heavy atom. The highest BCUT2D eigenvalue weighted by Gasteiger charge is 2.10. The van der Waals surface area contributed by atoms with Crippen molar-refractivity contribution in [2.24, 2.45) is 0 Å². The minimum Gasteiger partial charge on any atom is -0.478 e. The first-order valence-electron chi connectivity index (χ1n) is 5.53. The molecule has 2 aromatic rings. The number of para-hydroxylation sites is 1. The van der Waals surface area contributed by atoms with Crippen LogP contribution >= 0.6 is 0 Å². The van der Waals surface area contributed by atoms with Crippen LogP contribution in [0.15, 0.2) is 54.6 Å². The molecule has 2 aromatic carbocycles. The molecular formula is C15H13NO2. The van der Waals surface area contributed by atoms with Gasteiger partial charge < -0.3 is 10.8 Å². The normalized spacial score (nSPS) is 11.2. The van der Waals surface area contributed by atoms with Gasteiger partial charge in [-0.25, -0.2) is 4.79 Å². The summed E-state index contributed by atoms with van der Waals surface area (Å²) in [5.41, 5.74) is 7.97. The third-order valence-electron chi connectivity index (χ3n) is 2.61. The predicted octanol–water partition coefficient (Wildman–Crippen LogP) is 2.89. The average molecular weight is 239 g/mol. The molecule has 0 aromatic heterocycles. The second-order valence-electron chi connectivity index (χ2n) is 3.86. The Labute approximate surface area is 105 Å². The Kier molecular flexibility index (Phi) is 3.44. The van der Waals surface area contributed by atoms with E-state index >= 15 is 0 Å². The molecule has 0 aliphatic rings. The van der Waals surface area contributed by atoms with E-state index < -0.39 is 5.97 Å². The molecule has 0 fully saturated rings. The zero-order valence-corrected chi connectivity index (χ0v) is 9.71. The summed E-state index contributed by atoms with van der Waals surface area (Å²) in [6.07, 6.45) is 1.59. The number of aliphatic carboxylic acids is 1. The summed E-state index contributed by atoms with van der Waals surface area (Å²) in [4.78, 5) is 11.3. The Bertz CT molecular complexity index is 588. The van der Waals surface area contributed by atoms with Gasteiger partial charge in [0.05, 0.1) is 5.57 Å². The van der Waals surface area contributed by atoms with Crippen LogP contribution in [0.1, 0.15) is 11.1 Å². The second-order valence-corrected chi connectivity index (χ2v) is 3.86. The molecule has 3 N–H and O–H groups in total. The van der Waals surface area contributed by atoms with Gasteiger partial charge in [0.25, 0.3) is 0 Å². The molecule has 0 saturated heterocycles. The molecule has 0 spiro atoms. The van der Waals surface area contributed by atoms with Crippen molar-refractivity contribution in [1.82, 2.24) is 0 Å². The van der Waals surface area contributed by atoms with Gasteiger partial charge in [-0.05, 0) is 23.3 Å². The smallest absolute Gasteiger partial charge is 0.336 e. The summed E-state index contributed by atoms with van der Waals surface area (Å²) < 4.78 is 0. The zero-order valence-electron chi connectivity index (χ0n) is 9.71. The van der Waals surface area contributed by atoms with Gasteiger partial charge in [-0.2, -0.15) is 0 Å². The number of rotatable bonds is 3. The van der Waals surface area contributed by atoms with E-state index in [1.807, 2.05) is 18.2 Å². The van der Waals surface area contributed by atoms with E-state index in [0.29, 0.717) is 16.8 Å². The number of carbonyl (C=O) groups is 1. The van der Waals surface area contributed by atoms with Crippen molar-refractivity contribution < 1.29 is 9.90 Å². The Balaban J connectivity index is 2.50. The third kappa shape index (κ3) is 2.58. The number of nitrogens with two attached hydrogens (primary N) is 1. The summed E-state index contributed by atoms with van der Waals surface area (Å²) in [6.45, 7) is 0. The van der Waals surface area contributed by atoms with Crippen molar-refractivity contribution in [3.63, 3.8) is 0 Å². The lowest BCUT2D eigenvalue weighted by Gasteiger charge is -2.04. The molecule has 3 heteroatoms. The van der Waals surface area contributed by atoms with E-state index in [4.69, 9.17) is 5.73 Å². The van der Waals surface area contributed by atoms with E-state index in [-0.39, 0.29) is 5.57 Å². The zero-order chi connectivity index (χ0) is 13.0. The van der Waals surface area contributed by atoms with Crippen LogP contribution in [-0.2, 0) is 4.79 Å². The lowest BCUT2D eigenvalue weighted by atomic mass is 10.0. The molecule has 2 rings (SSSR count). The summed E-state index contributed by atoms with van der Waals surface area (Å²) in [7, 11) is 0. The molecule has 0 amide bonds. The van der Waals surface area contributed by atoms with Gasteiger partial charge in [-0.15, -0.1) is 0 Å².